The summed E-state index contributed by atoms with van der Waals surface area (Å²) in [6.45, 7) is 2.39. The number of amides is 1. The third-order valence-corrected chi connectivity index (χ3v) is 8.61. The molecule has 1 fully saturated rings. The normalized spacial score (nSPS) is 15.3. The maximum atomic E-state index is 13.4. The molecule has 1 aliphatic carbocycles. The molecule has 0 bridgehead atoms. The molecule has 0 spiro atoms. The lowest BCUT2D eigenvalue weighted by Gasteiger charge is -2.25. The third kappa shape index (κ3) is 8.88. The van der Waals surface area contributed by atoms with Gasteiger partial charge in [0.15, 0.2) is 0 Å². The Morgan fingerprint density at radius 1 is 1.05 bits per heavy atom. The van der Waals surface area contributed by atoms with Crippen LogP contribution in [0.4, 0.5) is 0 Å². The summed E-state index contributed by atoms with van der Waals surface area (Å²) in [7, 11) is 0. The van der Waals surface area contributed by atoms with Crippen molar-refractivity contribution in [1.29, 1.82) is 0 Å². The predicted molar refractivity (Wildman–Crippen MR) is 164 cm³/mol. The van der Waals surface area contributed by atoms with Gasteiger partial charge in [0.25, 0.3) is 5.91 Å². The van der Waals surface area contributed by atoms with Crippen LogP contribution in [-0.2, 0) is 16.1 Å². The van der Waals surface area contributed by atoms with Gasteiger partial charge in [0.1, 0.15) is 6.04 Å². The van der Waals surface area contributed by atoms with E-state index < -0.39 is 17.9 Å². The van der Waals surface area contributed by atoms with Crippen molar-refractivity contribution in [3.8, 4) is 11.1 Å². The molecule has 1 amide bonds. The maximum Gasteiger partial charge on any atom is 0.326 e. The first-order valence-electron chi connectivity index (χ1n) is 14.6. The summed E-state index contributed by atoms with van der Waals surface area (Å²) in [5, 5.41) is 20.4. The van der Waals surface area contributed by atoms with Gasteiger partial charge in [-0.2, -0.15) is 22.0 Å². The van der Waals surface area contributed by atoms with E-state index in [0.717, 1.165) is 46.6 Å². The number of ether oxygens (including phenoxy) is 1. The molecule has 8 heteroatoms. The topological polar surface area (TPSA) is 101 Å². The van der Waals surface area contributed by atoms with Crippen LogP contribution in [0.3, 0.4) is 0 Å². The molecule has 7 nitrogen and oxygen atoms in total. The quantitative estimate of drug-likeness (QED) is 0.213. The number of benzene rings is 2. The SMILES string of the molecule is CSCC[C@H](NC(=O)c1ccc(COC(CCC2CCCCC2)c2ccnnc2)cc1-c1ccccc1C)C(=O)O. The number of nitrogens with zero attached hydrogens (tertiary/aromatic N) is 2. The van der Waals surface area contributed by atoms with Crippen LogP contribution in [0.2, 0.25) is 0 Å². The number of hydrogen-bond acceptors (Lipinski definition) is 6. The monoisotopic (exact) mass is 575 g/mol. The zero-order valence-electron chi connectivity index (χ0n) is 24.1. The number of carbonyl (C=O) groups excluding carboxylic acids is 1. The molecule has 4 rings (SSSR count). The number of nitrogens with one attached hydrogen (secondary N) is 1. The number of aromatic nitrogens is 2. The van der Waals surface area contributed by atoms with Gasteiger partial charge < -0.3 is 15.2 Å². The second kappa shape index (κ2) is 15.7. The number of aliphatic carboxylic acids is 1. The molecule has 1 aliphatic rings. The summed E-state index contributed by atoms with van der Waals surface area (Å²) in [5.41, 5.74) is 5.15. The lowest BCUT2D eigenvalue weighted by atomic mass is 9.85. The van der Waals surface area contributed by atoms with Gasteiger partial charge >= 0.3 is 5.97 Å². The molecule has 3 aromatic rings. The van der Waals surface area contributed by atoms with Crippen LogP contribution in [0.5, 0.6) is 0 Å². The molecule has 2 N–H and O–H groups in total. The van der Waals surface area contributed by atoms with Gasteiger partial charge in [-0.05, 0) is 84.6 Å². The highest BCUT2D eigenvalue weighted by Gasteiger charge is 2.23. The van der Waals surface area contributed by atoms with E-state index >= 15 is 0 Å². The van der Waals surface area contributed by atoms with Crippen LogP contribution in [-0.4, -0.2) is 45.2 Å². The first-order chi connectivity index (χ1) is 20.0. The van der Waals surface area contributed by atoms with E-state index in [-0.39, 0.29) is 6.10 Å². The zero-order chi connectivity index (χ0) is 29.0. The number of carboxylic acid groups (broad SMARTS) is 1. The molecule has 1 heterocycles. The van der Waals surface area contributed by atoms with Crippen molar-refractivity contribution in [2.24, 2.45) is 5.92 Å². The Kier molecular flexibility index (Phi) is 11.8. The minimum atomic E-state index is -1.03. The Morgan fingerprint density at radius 2 is 1.85 bits per heavy atom. The predicted octanol–water partition coefficient (Wildman–Crippen LogP) is 7.01. The van der Waals surface area contributed by atoms with Crippen LogP contribution >= 0.6 is 11.8 Å². The summed E-state index contributed by atoms with van der Waals surface area (Å²) in [5.74, 6) is -0.0228. The summed E-state index contributed by atoms with van der Waals surface area (Å²) in [6.07, 6.45) is 14.3. The molecule has 2 atom stereocenters. The van der Waals surface area contributed by atoms with Crippen LogP contribution < -0.4 is 5.32 Å². The van der Waals surface area contributed by atoms with Crippen molar-refractivity contribution in [3.05, 3.63) is 83.2 Å². The number of aryl methyl sites for hydroxylation is 1. The Balaban J connectivity index is 1.56. The highest BCUT2D eigenvalue weighted by Crippen LogP contribution is 2.33. The number of hydrogen-bond donors (Lipinski definition) is 2. The van der Waals surface area contributed by atoms with Crippen molar-refractivity contribution in [2.45, 2.75) is 77.0 Å². The second-order valence-corrected chi connectivity index (χ2v) is 11.9. The molecule has 1 saturated carbocycles. The van der Waals surface area contributed by atoms with Gasteiger partial charge in [-0.25, -0.2) is 4.79 Å². The molecule has 1 aromatic heterocycles. The average Bonchev–Trinajstić information content (AvgIpc) is 3.00. The minimum absolute atomic E-state index is 0.0925. The number of thioether (sulfide) groups is 1. The molecular weight excluding hydrogens is 534 g/mol. The molecular formula is C33H41N3O4S. The number of carboxylic acids is 1. The van der Waals surface area contributed by atoms with Crippen molar-refractivity contribution in [1.82, 2.24) is 15.5 Å². The third-order valence-electron chi connectivity index (χ3n) is 7.97. The smallest absolute Gasteiger partial charge is 0.326 e. The first-order valence-corrected chi connectivity index (χ1v) is 16.0. The highest BCUT2D eigenvalue weighted by atomic mass is 32.2. The highest BCUT2D eigenvalue weighted by molar-refractivity contribution is 7.98. The number of carbonyl (C=O) groups is 2. The summed E-state index contributed by atoms with van der Waals surface area (Å²) in [4.78, 5) is 25.2. The van der Waals surface area contributed by atoms with E-state index in [2.05, 4.69) is 15.5 Å². The molecule has 0 radical (unpaired) electrons. The van der Waals surface area contributed by atoms with Gasteiger partial charge in [0, 0.05) is 17.3 Å². The fraction of sp³-hybridized carbons (Fsp3) is 0.455. The Labute approximate surface area is 247 Å². The standard InChI is InChI=1S/C33H41N3O4S/c1-23-8-6-7-11-27(23)29-20-25(12-14-28(29)32(37)36-30(33(38)39)17-19-41-2)22-40-31(26-16-18-34-35-21-26)15-13-24-9-4-3-5-10-24/h6-8,11-12,14,16,18,20-21,24,30-31H,3-5,9-10,13,15,17,19,22H2,1-2H3,(H,36,37)(H,38,39)/t30-,31?/m0/s1. The van der Waals surface area contributed by atoms with Gasteiger partial charge in [0.05, 0.1) is 18.9 Å². The van der Waals surface area contributed by atoms with Crippen molar-refractivity contribution >= 4 is 23.6 Å². The molecule has 0 saturated heterocycles. The van der Waals surface area contributed by atoms with E-state index in [0.29, 0.717) is 24.3 Å². The van der Waals surface area contributed by atoms with Crippen LogP contribution in [0, 0.1) is 12.8 Å². The first kappa shape index (κ1) is 30.7. The van der Waals surface area contributed by atoms with Crippen molar-refractivity contribution in [2.75, 3.05) is 12.0 Å². The van der Waals surface area contributed by atoms with Gasteiger partial charge in [-0.1, -0.05) is 62.4 Å². The van der Waals surface area contributed by atoms with E-state index in [1.165, 1.54) is 32.1 Å². The fourth-order valence-electron chi connectivity index (χ4n) is 5.60. The zero-order valence-corrected chi connectivity index (χ0v) is 24.9. The van der Waals surface area contributed by atoms with Gasteiger partial charge in [-0.15, -0.1) is 0 Å². The van der Waals surface area contributed by atoms with Crippen LogP contribution in [0.1, 0.15) is 84.5 Å². The van der Waals surface area contributed by atoms with Gasteiger partial charge in [-0.3, -0.25) is 4.79 Å². The lowest BCUT2D eigenvalue weighted by molar-refractivity contribution is -0.139. The van der Waals surface area contributed by atoms with Crippen molar-refractivity contribution < 1.29 is 19.4 Å². The Hall–Kier alpha value is -3.23. The van der Waals surface area contributed by atoms with E-state index in [4.69, 9.17) is 4.74 Å². The molecule has 41 heavy (non-hydrogen) atoms. The van der Waals surface area contributed by atoms with Gasteiger partial charge in [0.2, 0.25) is 0 Å². The molecule has 218 valence electrons. The van der Waals surface area contributed by atoms with Crippen LogP contribution in [0.15, 0.2) is 60.9 Å². The van der Waals surface area contributed by atoms with E-state index in [9.17, 15) is 14.7 Å². The summed E-state index contributed by atoms with van der Waals surface area (Å²) >= 11 is 1.56. The maximum absolute atomic E-state index is 13.4. The Bertz CT molecular complexity index is 1280. The van der Waals surface area contributed by atoms with Crippen LogP contribution in [0.25, 0.3) is 11.1 Å². The number of rotatable bonds is 14. The summed E-state index contributed by atoms with van der Waals surface area (Å²) in [6, 6.07) is 14.6. The minimum Gasteiger partial charge on any atom is -0.480 e. The molecule has 2 aromatic carbocycles. The fourth-order valence-corrected chi connectivity index (χ4v) is 6.07. The van der Waals surface area contributed by atoms with Crippen molar-refractivity contribution in [3.63, 3.8) is 0 Å². The van der Waals surface area contributed by atoms with E-state index in [1.54, 1.807) is 30.2 Å². The largest absolute Gasteiger partial charge is 0.480 e. The van der Waals surface area contributed by atoms with E-state index in [1.807, 2.05) is 55.6 Å². The average molecular weight is 576 g/mol. The molecule has 0 aliphatic heterocycles. The summed E-state index contributed by atoms with van der Waals surface area (Å²) < 4.78 is 6.52. The molecule has 1 unspecified atom stereocenters. The lowest BCUT2D eigenvalue weighted by Crippen LogP contribution is -2.41. The Morgan fingerprint density at radius 3 is 2.56 bits per heavy atom. The second-order valence-electron chi connectivity index (χ2n) is 10.9.